The summed E-state index contributed by atoms with van der Waals surface area (Å²) in [6, 6.07) is 1.32. The molecule has 0 atom stereocenters. The third-order valence-electron chi connectivity index (χ3n) is 3.49. The zero-order valence-corrected chi connectivity index (χ0v) is 13.2. The number of rotatable bonds is 2. The van der Waals surface area contributed by atoms with Gasteiger partial charge in [0.15, 0.2) is 5.75 Å². The number of aryl methyl sites for hydroxylation is 2. The van der Waals surface area contributed by atoms with Crippen molar-refractivity contribution < 1.29 is 9.63 Å². The van der Waals surface area contributed by atoms with Gasteiger partial charge >= 0.3 is 0 Å². The van der Waals surface area contributed by atoms with Gasteiger partial charge in [0, 0.05) is 5.56 Å². The number of fused-ring (bicyclic) bond motifs is 1. The van der Waals surface area contributed by atoms with Crippen molar-refractivity contribution >= 4 is 34.1 Å². The summed E-state index contributed by atoms with van der Waals surface area (Å²) in [6.45, 7) is 3.82. The SMILES string of the molecule is Cc1noc(C)c1Cn1cnc2c(O)c(Cl)cc(Cl)c2c1=O. The van der Waals surface area contributed by atoms with E-state index in [2.05, 4.69) is 10.1 Å². The molecule has 0 unspecified atom stereocenters. The summed E-state index contributed by atoms with van der Waals surface area (Å²) >= 11 is 11.9. The molecule has 0 bridgehead atoms. The second-order valence-corrected chi connectivity index (χ2v) is 5.71. The summed E-state index contributed by atoms with van der Waals surface area (Å²) in [5.74, 6) is 0.372. The van der Waals surface area contributed by atoms with Gasteiger partial charge in [0.1, 0.15) is 11.3 Å². The number of aromatic nitrogens is 3. The molecule has 2 heterocycles. The van der Waals surface area contributed by atoms with Crippen LogP contribution in [-0.2, 0) is 6.54 Å². The van der Waals surface area contributed by atoms with Crippen LogP contribution < -0.4 is 5.56 Å². The molecule has 1 aromatic carbocycles. The lowest BCUT2D eigenvalue weighted by Crippen LogP contribution is -2.22. The topological polar surface area (TPSA) is 81.2 Å². The molecule has 3 rings (SSSR count). The average molecular weight is 340 g/mol. The van der Waals surface area contributed by atoms with Crippen LogP contribution >= 0.6 is 23.2 Å². The quantitative estimate of drug-likeness (QED) is 0.775. The van der Waals surface area contributed by atoms with Crippen molar-refractivity contribution in [2.75, 3.05) is 0 Å². The second-order valence-electron chi connectivity index (χ2n) is 4.89. The van der Waals surface area contributed by atoms with Crippen molar-refractivity contribution in [2.24, 2.45) is 0 Å². The summed E-state index contributed by atoms with van der Waals surface area (Å²) in [5, 5.41) is 14.1. The first-order valence-corrected chi connectivity index (χ1v) is 7.13. The molecular formula is C14H11Cl2N3O3. The van der Waals surface area contributed by atoms with E-state index in [1.54, 1.807) is 13.8 Å². The van der Waals surface area contributed by atoms with Crippen molar-refractivity contribution in [2.45, 2.75) is 20.4 Å². The first kappa shape index (κ1) is 14.9. The molecule has 22 heavy (non-hydrogen) atoms. The highest BCUT2D eigenvalue weighted by Crippen LogP contribution is 2.34. The maximum atomic E-state index is 12.6. The van der Waals surface area contributed by atoms with Crippen molar-refractivity contribution in [1.82, 2.24) is 14.7 Å². The summed E-state index contributed by atoms with van der Waals surface area (Å²) in [6.07, 6.45) is 1.34. The van der Waals surface area contributed by atoms with E-state index in [4.69, 9.17) is 27.7 Å². The Balaban J connectivity index is 2.22. The lowest BCUT2D eigenvalue weighted by atomic mass is 10.2. The number of aromatic hydroxyl groups is 1. The summed E-state index contributed by atoms with van der Waals surface area (Å²) in [5.41, 5.74) is 1.21. The minimum atomic E-state index is -0.373. The monoisotopic (exact) mass is 339 g/mol. The number of nitrogens with zero attached hydrogens (tertiary/aromatic N) is 3. The van der Waals surface area contributed by atoms with E-state index in [-0.39, 0.29) is 38.8 Å². The van der Waals surface area contributed by atoms with E-state index in [0.717, 1.165) is 5.56 Å². The Labute approximate surface area is 134 Å². The number of hydrogen-bond donors (Lipinski definition) is 1. The van der Waals surface area contributed by atoms with Crippen molar-refractivity contribution in [3.63, 3.8) is 0 Å². The molecule has 2 aromatic heterocycles. The van der Waals surface area contributed by atoms with Crippen LogP contribution in [0.5, 0.6) is 5.75 Å². The van der Waals surface area contributed by atoms with Gasteiger partial charge in [-0.05, 0) is 19.9 Å². The summed E-state index contributed by atoms with van der Waals surface area (Å²) < 4.78 is 6.47. The Morgan fingerprint density at radius 3 is 2.68 bits per heavy atom. The molecule has 0 saturated carbocycles. The first-order valence-electron chi connectivity index (χ1n) is 6.38. The maximum absolute atomic E-state index is 12.6. The molecule has 0 saturated heterocycles. The Morgan fingerprint density at radius 1 is 1.32 bits per heavy atom. The third kappa shape index (κ3) is 2.24. The van der Waals surface area contributed by atoms with Crippen LogP contribution in [0.2, 0.25) is 10.0 Å². The summed E-state index contributed by atoms with van der Waals surface area (Å²) in [7, 11) is 0. The van der Waals surface area contributed by atoms with Crippen molar-refractivity contribution in [3.05, 3.63) is 49.8 Å². The van der Waals surface area contributed by atoms with Gasteiger partial charge < -0.3 is 9.63 Å². The number of halogens is 2. The fourth-order valence-corrected chi connectivity index (χ4v) is 2.79. The Bertz CT molecular complexity index is 927. The Morgan fingerprint density at radius 2 is 2.05 bits per heavy atom. The highest BCUT2D eigenvalue weighted by molar-refractivity contribution is 6.39. The smallest absolute Gasteiger partial charge is 0.263 e. The van der Waals surface area contributed by atoms with Crippen LogP contribution in [0.25, 0.3) is 10.9 Å². The fraction of sp³-hybridized carbons (Fsp3) is 0.214. The van der Waals surface area contributed by atoms with E-state index in [9.17, 15) is 9.90 Å². The predicted octanol–water partition coefficient (Wildman–Crippen LogP) is 3.06. The molecule has 1 N–H and O–H groups in total. The average Bonchev–Trinajstić information content (AvgIpc) is 2.78. The van der Waals surface area contributed by atoms with Gasteiger partial charge in [-0.3, -0.25) is 9.36 Å². The van der Waals surface area contributed by atoms with Crippen LogP contribution in [0, 0.1) is 13.8 Å². The van der Waals surface area contributed by atoms with E-state index in [1.165, 1.54) is 17.0 Å². The number of phenolic OH excluding ortho intramolecular Hbond substituents is 1. The highest BCUT2D eigenvalue weighted by Gasteiger charge is 2.17. The molecule has 0 amide bonds. The first-order chi connectivity index (χ1) is 10.4. The minimum absolute atomic E-state index is 0.0490. The van der Waals surface area contributed by atoms with Crippen molar-refractivity contribution in [1.29, 1.82) is 0 Å². The molecule has 6 nitrogen and oxygen atoms in total. The molecule has 0 aliphatic rings. The van der Waals surface area contributed by atoms with Gasteiger partial charge in [-0.15, -0.1) is 0 Å². The molecule has 3 aromatic rings. The molecule has 0 aliphatic carbocycles. The van der Waals surface area contributed by atoms with E-state index < -0.39 is 0 Å². The van der Waals surface area contributed by atoms with Crippen LogP contribution in [0.15, 0.2) is 21.7 Å². The van der Waals surface area contributed by atoms with Crippen LogP contribution in [0.4, 0.5) is 0 Å². The van der Waals surface area contributed by atoms with Crippen LogP contribution in [0.1, 0.15) is 17.0 Å². The third-order valence-corrected chi connectivity index (χ3v) is 4.08. The van der Waals surface area contributed by atoms with Gasteiger partial charge in [0.05, 0.1) is 34.0 Å². The molecule has 0 fully saturated rings. The molecular weight excluding hydrogens is 329 g/mol. The fourth-order valence-electron chi connectivity index (χ4n) is 2.26. The van der Waals surface area contributed by atoms with Gasteiger partial charge in [0.25, 0.3) is 5.56 Å². The molecule has 0 spiro atoms. The zero-order chi connectivity index (χ0) is 16.0. The number of benzene rings is 1. The Hall–Kier alpha value is -2.05. The van der Waals surface area contributed by atoms with E-state index >= 15 is 0 Å². The molecule has 0 aliphatic heterocycles. The predicted molar refractivity (Wildman–Crippen MR) is 82.8 cm³/mol. The molecule has 0 radical (unpaired) electrons. The van der Waals surface area contributed by atoms with Gasteiger partial charge in [-0.2, -0.15) is 0 Å². The largest absolute Gasteiger partial charge is 0.504 e. The zero-order valence-electron chi connectivity index (χ0n) is 11.7. The minimum Gasteiger partial charge on any atom is -0.504 e. The normalized spacial score (nSPS) is 11.3. The van der Waals surface area contributed by atoms with Crippen LogP contribution in [-0.4, -0.2) is 19.8 Å². The highest BCUT2D eigenvalue weighted by atomic mass is 35.5. The number of hydrogen-bond acceptors (Lipinski definition) is 5. The molecule has 114 valence electrons. The lowest BCUT2D eigenvalue weighted by molar-refractivity contribution is 0.392. The van der Waals surface area contributed by atoms with Crippen molar-refractivity contribution in [3.8, 4) is 5.75 Å². The van der Waals surface area contributed by atoms with Crippen LogP contribution in [0.3, 0.4) is 0 Å². The van der Waals surface area contributed by atoms with E-state index in [1.807, 2.05) is 0 Å². The summed E-state index contributed by atoms with van der Waals surface area (Å²) in [4.78, 5) is 16.7. The van der Waals surface area contributed by atoms with Gasteiger partial charge in [0.2, 0.25) is 0 Å². The van der Waals surface area contributed by atoms with Gasteiger partial charge in [-0.25, -0.2) is 4.98 Å². The second kappa shape index (κ2) is 5.30. The molecule has 8 heteroatoms. The lowest BCUT2D eigenvalue weighted by Gasteiger charge is -2.09. The van der Waals surface area contributed by atoms with E-state index in [0.29, 0.717) is 11.5 Å². The Kier molecular flexibility index (Phi) is 3.58. The standard InChI is InChI=1S/C14H11Cl2N3O3/c1-6-8(7(2)22-18-6)4-19-5-17-12-11(14(19)21)9(15)3-10(16)13(12)20/h3,5,20H,4H2,1-2H3. The maximum Gasteiger partial charge on any atom is 0.263 e. The van der Waals surface area contributed by atoms with Gasteiger partial charge in [-0.1, -0.05) is 28.4 Å². The number of phenols is 1.